The average molecular weight is 299 g/mol. The highest BCUT2D eigenvalue weighted by atomic mass is 32.2. The summed E-state index contributed by atoms with van der Waals surface area (Å²) < 4.78 is 24.8. The summed E-state index contributed by atoms with van der Waals surface area (Å²) in [7, 11) is -0.620. The van der Waals surface area contributed by atoms with Crippen LogP contribution in [-0.4, -0.2) is 27.5 Å². The van der Waals surface area contributed by atoms with E-state index in [1.54, 1.807) is 6.07 Å². The predicted octanol–water partition coefficient (Wildman–Crippen LogP) is 2.86. The molecule has 1 aromatic carbocycles. The third-order valence-electron chi connectivity index (χ3n) is 3.84. The van der Waals surface area contributed by atoms with E-state index < -0.39 is 10.8 Å². The molecule has 1 aromatic rings. The zero-order valence-electron chi connectivity index (χ0n) is 10.7. The molecule has 0 aliphatic carbocycles. The lowest BCUT2D eigenvalue weighted by atomic mass is 10.0. The Hall–Kier alpha value is -0.390. The molecule has 1 N–H and O–H groups in total. The van der Waals surface area contributed by atoms with Crippen molar-refractivity contribution in [2.75, 3.05) is 17.3 Å². The maximum absolute atomic E-state index is 13.4. The van der Waals surface area contributed by atoms with Gasteiger partial charge in [-0.1, -0.05) is 0 Å². The second-order valence-electron chi connectivity index (χ2n) is 5.16. The van der Waals surface area contributed by atoms with Crippen LogP contribution in [0.5, 0.6) is 0 Å². The van der Waals surface area contributed by atoms with Gasteiger partial charge in [0.2, 0.25) is 0 Å². The molecule has 3 rings (SSSR count). The van der Waals surface area contributed by atoms with E-state index in [1.807, 2.05) is 17.8 Å². The summed E-state index contributed by atoms with van der Waals surface area (Å²) in [6.45, 7) is 0. The van der Waals surface area contributed by atoms with Crippen LogP contribution < -0.4 is 5.32 Å². The van der Waals surface area contributed by atoms with Crippen LogP contribution in [0, 0.1) is 5.82 Å². The van der Waals surface area contributed by atoms with Crippen molar-refractivity contribution < 1.29 is 8.60 Å². The average Bonchev–Trinajstić information content (AvgIpc) is 2.42. The monoisotopic (exact) mass is 299 g/mol. The fourth-order valence-corrected chi connectivity index (χ4v) is 5.19. The third kappa shape index (κ3) is 3.20. The lowest BCUT2D eigenvalue weighted by Gasteiger charge is -2.32. The highest BCUT2D eigenvalue weighted by Gasteiger charge is 2.25. The second-order valence-corrected chi connectivity index (χ2v) is 7.99. The first-order valence-corrected chi connectivity index (χ1v) is 9.23. The highest BCUT2D eigenvalue weighted by Crippen LogP contribution is 2.37. The SMILES string of the molecule is O=S1CCC(NC2CCSc3ccc(F)cc32)CC1. The molecular weight excluding hydrogens is 281 g/mol. The van der Waals surface area contributed by atoms with Crippen LogP contribution in [-0.2, 0) is 10.8 Å². The van der Waals surface area contributed by atoms with E-state index in [-0.39, 0.29) is 11.9 Å². The molecule has 19 heavy (non-hydrogen) atoms. The minimum atomic E-state index is -0.620. The van der Waals surface area contributed by atoms with E-state index >= 15 is 0 Å². The molecule has 0 aromatic heterocycles. The van der Waals surface area contributed by atoms with Crippen molar-refractivity contribution in [3.8, 4) is 0 Å². The normalized spacial score (nSPS) is 30.9. The van der Waals surface area contributed by atoms with E-state index in [2.05, 4.69) is 5.32 Å². The smallest absolute Gasteiger partial charge is 0.123 e. The number of rotatable bonds is 2. The maximum Gasteiger partial charge on any atom is 0.123 e. The van der Waals surface area contributed by atoms with Crippen LogP contribution in [0.1, 0.15) is 30.9 Å². The number of thioether (sulfide) groups is 1. The Morgan fingerprint density at radius 2 is 2.05 bits per heavy atom. The van der Waals surface area contributed by atoms with Crippen molar-refractivity contribution in [2.24, 2.45) is 0 Å². The minimum absolute atomic E-state index is 0.155. The van der Waals surface area contributed by atoms with Gasteiger partial charge in [0.15, 0.2) is 0 Å². The molecule has 1 saturated heterocycles. The molecule has 104 valence electrons. The van der Waals surface area contributed by atoms with Crippen molar-refractivity contribution in [3.05, 3.63) is 29.6 Å². The Kier molecular flexibility index (Phi) is 4.24. The molecule has 1 fully saturated rings. The predicted molar refractivity (Wildman–Crippen MR) is 78.5 cm³/mol. The minimum Gasteiger partial charge on any atom is -0.307 e. The number of hydrogen-bond acceptors (Lipinski definition) is 3. The summed E-state index contributed by atoms with van der Waals surface area (Å²) in [6, 6.07) is 5.78. The quantitative estimate of drug-likeness (QED) is 0.910. The Bertz CT molecular complexity index is 484. The molecule has 1 unspecified atom stereocenters. The van der Waals surface area contributed by atoms with Gasteiger partial charge in [-0.3, -0.25) is 4.21 Å². The molecule has 2 heterocycles. The topological polar surface area (TPSA) is 29.1 Å². The molecule has 5 heteroatoms. The maximum atomic E-state index is 13.4. The fraction of sp³-hybridized carbons (Fsp3) is 0.571. The number of halogens is 1. The summed E-state index contributed by atoms with van der Waals surface area (Å²) in [5, 5.41) is 3.65. The van der Waals surface area contributed by atoms with Gasteiger partial charge in [0.25, 0.3) is 0 Å². The van der Waals surface area contributed by atoms with E-state index in [1.165, 1.54) is 11.0 Å². The highest BCUT2D eigenvalue weighted by molar-refractivity contribution is 7.99. The van der Waals surface area contributed by atoms with E-state index in [0.717, 1.165) is 42.1 Å². The molecule has 2 nitrogen and oxygen atoms in total. The van der Waals surface area contributed by atoms with Gasteiger partial charge in [-0.15, -0.1) is 11.8 Å². The Morgan fingerprint density at radius 1 is 1.26 bits per heavy atom. The Balaban J connectivity index is 1.72. The van der Waals surface area contributed by atoms with E-state index in [0.29, 0.717) is 6.04 Å². The van der Waals surface area contributed by atoms with Crippen LogP contribution in [0.15, 0.2) is 23.1 Å². The number of hydrogen-bond donors (Lipinski definition) is 1. The van der Waals surface area contributed by atoms with Gasteiger partial charge < -0.3 is 5.32 Å². The zero-order valence-corrected chi connectivity index (χ0v) is 12.4. The molecule has 2 aliphatic rings. The summed E-state index contributed by atoms with van der Waals surface area (Å²) in [6.07, 6.45) is 2.99. The summed E-state index contributed by atoms with van der Waals surface area (Å²) in [4.78, 5) is 1.20. The largest absolute Gasteiger partial charge is 0.307 e. The standard InChI is InChI=1S/C14H18FNOS2/c15-10-1-2-14-12(9-10)13(3-6-18-14)16-11-4-7-19(17)8-5-11/h1-2,9,11,13,16H,3-8H2. The Labute approximate surface area is 120 Å². The van der Waals surface area contributed by atoms with Gasteiger partial charge in [0.1, 0.15) is 5.82 Å². The van der Waals surface area contributed by atoms with Gasteiger partial charge in [-0.25, -0.2) is 4.39 Å². The van der Waals surface area contributed by atoms with Crippen LogP contribution in [0.4, 0.5) is 4.39 Å². The molecular formula is C14H18FNOS2. The van der Waals surface area contributed by atoms with Gasteiger partial charge in [-0.05, 0) is 48.8 Å². The van der Waals surface area contributed by atoms with Gasteiger partial charge in [0.05, 0.1) is 0 Å². The zero-order chi connectivity index (χ0) is 13.2. The van der Waals surface area contributed by atoms with Crippen LogP contribution in [0.25, 0.3) is 0 Å². The molecule has 2 aliphatic heterocycles. The van der Waals surface area contributed by atoms with Crippen molar-refractivity contribution in [2.45, 2.75) is 36.2 Å². The van der Waals surface area contributed by atoms with Crippen LogP contribution in [0.3, 0.4) is 0 Å². The summed E-state index contributed by atoms with van der Waals surface area (Å²) in [5.41, 5.74) is 1.10. The van der Waals surface area contributed by atoms with Crippen molar-refractivity contribution in [1.82, 2.24) is 5.32 Å². The van der Waals surface area contributed by atoms with E-state index in [4.69, 9.17) is 0 Å². The molecule has 0 saturated carbocycles. The number of benzene rings is 1. The molecule has 0 radical (unpaired) electrons. The summed E-state index contributed by atoms with van der Waals surface area (Å²) >= 11 is 1.81. The van der Waals surface area contributed by atoms with E-state index in [9.17, 15) is 8.60 Å². The van der Waals surface area contributed by atoms with Gasteiger partial charge in [-0.2, -0.15) is 0 Å². The third-order valence-corrected chi connectivity index (χ3v) is 6.34. The molecule has 0 amide bonds. The Morgan fingerprint density at radius 3 is 2.84 bits per heavy atom. The summed E-state index contributed by atoms with van der Waals surface area (Å²) in [5.74, 6) is 2.52. The number of fused-ring (bicyclic) bond motifs is 1. The molecule has 0 spiro atoms. The van der Waals surface area contributed by atoms with Gasteiger partial charge in [0, 0.05) is 39.3 Å². The van der Waals surface area contributed by atoms with Gasteiger partial charge >= 0.3 is 0 Å². The lowest BCUT2D eigenvalue weighted by Crippen LogP contribution is -2.39. The first-order chi connectivity index (χ1) is 9.22. The van der Waals surface area contributed by atoms with Crippen molar-refractivity contribution in [1.29, 1.82) is 0 Å². The fourth-order valence-electron chi connectivity index (χ4n) is 2.78. The first kappa shape index (κ1) is 13.6. The van der Waals surface area contributed by atoms with Crippen LogP contribution >= 0.6 is 11.8 Å². The second kappa shape index (κ2) is 5.94. The first-order valence-electron chi connectivity index (χ1n) is 6.75. The lowest BCUT2D eigenvalue weighted by molar-refractivity contribution is 0.397. The van der Waals surface area contributed by atoms with Crippen LogP contribution in [0.2, 0.25) is 0 Å². The van der Waals surface area contributed by atoms with Crippen molar-refractivity contribution in [3.63, 3.8) is 0 Å². The molecule has 0 bridgehead atoms. The molecule has 1 atom stereocenters. The number of nitrogens with one attached hydrogen (secondary N) is 1. The van der Waals surface area contributed by atoms with Crippen molar-refractivity contribution >= 4 is 22.6 Å².